The summed E-state index contributed by atoms with van der Waals surface area (Å²) in [6, 6.07) is 5.12. The fourth-order valence-electron chi connectivity index (χ4n) is 3.20. The van der Waals surface area contributed by atoms with E-state index in [1.54, 1.807) is 0 Å². The highest BCUT2D eigenvalue weighted by atomic mass is 16.5. The first kappa shape index (κ1) is 16.3. The standard InChI is InChI=1S/C19H29N3O/c1-14(2)22(3)10-11-23-18-13-16-7-5-4-6-15(16)12-17(18)19-20-8-9-21-19/h12-14H,4-11H2,1-3H3,(H,20,21). The van der Waals surface area contributed by atoms with Gasteiger partial charge in [0.2, 0.25) is 0 Å². The Bertz CT molecular complexity index is 580. The average Bonchev–Trinajstić information content (AvgIpc) is 3.08. The van der Waals surface area contributed by atoms with Crippen LogP contribution in [0, 0.1) is 0 Å². The number of fused-ring (bicyclic) bond motifs is 1. The molecule has 0 fully saturated rings. The van der Waals surface area contributed by atoms with Crippen LogP contribution in [0.5, 0.6) is 5.75 Å². The molecule has 0 amide bonds. The normalized spacial score (nSPS) is 17.2. The SMILES string of the molecule is CC(C)N(C)CCOc1cc2c(cc1C1=NCCN1)CCCC2. The largest absolute Gasteiger partial charge is 0.491 e. The van der Waals surface area contributed by atoms with Crippen molar-refractivity contribution < 1.29 is 4.74 Å². The summed E-state index contributed by atoms with van der Waals surface area (Å²) in [5.74, 6) is 2.00. The van der Waals surface area contributed by atoms with Crippen LogP contribution < -0.4 is 10.1 Å². The molecule has 0 saturated carbocycles. The first-order chi connectivity index (χ1) is 11.1. The number of ether oxygens (including phenoxy) is 1. The van der Waals surface area contributed by atoms with Gasteiger partial charge in [-0.15, -0.1) is 0 Å². The third-order valence-electron chi connectivity index (χ3n) is 4.96. The molecule has 126 valence electrons. The molecule has 1 heterocycles. The molecule has 23 heavy (non-hydrogen) atoms. The van der Waals surface area contributed by atoms with Gasteiger partial charge < -0.3 is 15.0 Å². The molecular formula is C19H29N3O. The maximum atomic E-state index is 6.17. The van der Waals surface area contributed by atoms with E-state index in [1.165, 1.54) is 36.8 Å². The van der Waals surface area contributed by atoms with Gasteiger partial charge in [0.1, 0.15) is 18.2 Å². The number of nitrogens with one attached hydrogen (secondary N) is 1. The molecule has 0 aromatic heterocycles. The zero-order chi connectivity index (χ0) is 16.2. The van der Waals surface area contributed by atoms with Crippen molar-refractivity contribution in [1.82, 2.24) is 10.2 Å². The Labute approximate surface area is 139 Å². The average molecular weight is 315 g/mol. The number of aliphatic imine (C=N–C) groups is 1. The second kappa shape index (κ2) is 7.35. The molecule has 1 aliphatic carbocycles. The van der Waals surface area contributed by atoms with E-state index in [9.17, 15) is 0 Å². The lowest BCUT2D eigenvalue weighted by Crippen LogP contribution is -2.31. The smallest absolute Gasteiger partial charge is 0.132 e. The van der Waals surface area contributed by atoms with Crippen LogP contribution in [-0.2, 0) is 12.8 Å². The van der Waals surface area contributed by atoms with Crippen LogP contribution in [0.4, 0.5) is 0 Å². The zero-order valence-electron chi connectivity index (χ0n) is 14.7. The molecule has 3 rings (SSSR count). The fraction of sp³-hybridized carbons (Fsp3) is 0.632. The second-order valence-electron chi connectivity index (χ2n) is 6.90. The van der Waals surface area contributed by atoms with E-state index in [1.807, 2.05) is 0 Å². The van der Waals surface area contributed by atoms with Crippen molar-refractivity contribution in [2.75, 3.05) is 33.3 Å². The summed E-state index contributed by atoms with van der Waals surface area (Å²) in [7, 11) is 2.14. The third kappa shape index (κ3) is 3.86. The van der Waals surface area contributed by atoms with Crippen LogP contribution in [0.1, 0.15) is 43.4 Å². The maximum absolute atomic E-state index is 6.17. The van der Waals surface area contributed by atoms with Gasteiger partial charge in [0, 0.05) is 19.1 Å². The van der Waals surface area contributed by atoms with Gasteiger partial charge >= 0.3 is 0 Å². The Hall–Kier alpha value is -1.55. The van der Waals surface area contributed by atoms with Crippen molar-refractivity contribution in [3.8, 4) is 5.75 Å². The molecule has 1 aromatic rings. The summed E-state index contributed by atoms with van der Waals surface area (Å²) in [5.41, 5.74) is 4.09. The predicted molar refractivity (Wildman–Crippen MR) is 95.8 cm³/mol. The lowest BCUT2D eigenvalue weighted by atomic mass is 9.89. The van der Waals surface area contributed by atoms with Gasteiger partial charge in [0.15, 0.2) is 0 Å². The number of hydrogen-bond acceptors (Lipinski definition) is 4. The number of rotatable bonds is 6. The Morgan fingerprint density at radius 1 is 1.22 bits per heavy atom. The fourth-order valence-corrected chi connectivity index (χ4v) is 3.20. The van der Waals surface area contributed by atoms with E-state index >= 15 is 0 Å². The van der Waals surface area contributed by atoms with Crippen molar-refractivity contribution in [2.24, 2.45) is 4.99 Å². The van der Waals surface area contributed by atoms with Gasteiger partial charge in [0.25, 0.3) is 0 Å². The third-order valence-corrected chi connectivity index (χ3v) is 4.96. The van der Waals surface area contributed by atoms with Crippen LogP contribution in [-0.4, -0.2) is 50.1 Å². The number of aryl methyl sites for hydroxylation is 2. The highest BCUT2D eigenvalue weighted by molar-refractivity contribution is 6.02. The molecule has 4 nitrogen and oxygen atoms in total. The first-order valence-corrected chi connectivity index (χ1v) is 8.92. The molecule has 0 bridgehead atoms. The predicted octanol–water partition coefficient (Wildman–Crippen LogP) is 2.63. The lowest BCUT2D eigenvalue weighted by Gasteiger charge is -2.23. The van der Waals surface area contributed by atoms with E-state index in [4.69, 9.17) is 4.74 Å². The molecule has 1 N–H and O–H groups in total. The van der Waals surface area contributed by atoms with Gasteiger partial charge in [-0.2, -0.15) is 0 Å². The van der Waals surface area contributed by atoms with E-state index in [0.29, 0.717) is 12.6 Å². The Kier molecular flexibility index (Phi) is 5.21. The number of likely N-dealkylation sites (N-methyl/N-ethyl adjacent to an activating group) is 1. The van der Waals surface area contributed by atoms with Crippen molar-refractivity contribution >= 4 is 5.84 Å². The van der Waals surface area contributed by atoms with Gasteiger partial charge in [-0.1, -0.05) is 0 Å². The first-order valence-electron chi connectivity index (χ1n) is 8.92. The monoisotopic (exact) mass is 315 g/mol. The second-order valence-corrected chi connectivity index (χ2v) is 6.90. The van der Waals surface area contributed by atoms with Crippen LogP contribution in [0.2, 0.25) is 0 Å². The Morgan fingerprint density at radius 2 is 1.96 bits per heavy atom. The summed E-state index contributed by atoms with van der Waals surface area (Å²) >= 11 is 0. The summed E-state index contributed by atoms with van der Waals surface area (Å²) in [5, 5.41) is 3.40. The molecular weight excluding hydrogens is 286 g/mol. The molecule has 1 aromatic carbocycles. The summed E-state index contributed by atoms with van der Waals surface area (Å²) in [6.07, 6.45) is 4.95. The summed E-state index contributed by atoms with van der Waals surface area (Å²) < 4.78 is 6.17. The lowest BCUT2D eigenvalue weighted by molar-refractivity contribution is 0.208. The minimum Gasteiger partial charge on any atom is -0.491 e. The van der Waals surface area contributed by atoms with Crippen LogP contribution in [0.15, 0.2) is 17.1 Å². The number of nitrogens with zero attached hydrogens (tertiary/aromatic N) is 2. The van der Waals surface area contributed by atoms with Gasteiger partial charge in [-0.05, 0) is 69.8 Å². The number of amidine groups is 1. The van der Waals surface area contributed by atoms with E-state index in [0.717, 1.165) is 36.8 Å². The van der Waals surface area contributed by atoms with Crippen LogP contribution >= 0.6 is 0 Å². The van der Waals surface area contributed by atoms with Crippen LogP contribution in [0.3, 0.4) is 0 Å². The molecule has 0 atom stereocenters. The molecule has 4 heteroatoms. The molecule has 0 saturated heterocycles. The number of benzene rings is 1. The van der Waals surface area contributed by atoms with Crippen LogP contribution in [0.25, 0.3) is 0 Å². The molecule has 2 aliphatic rings. The molecule has 0 spiro atoms. The van der Waals surface area contributed by atoms with Crippen molar-refractivity contribution in [2.45, 2.75) is 45.6 Å². The van der Waals surface area contributed by atoms with Crippen molar-refractivity contribution in [1.29, 1.82) is 0 Å². The van der Waals surface area contributed by atoms with Gasteiger partial charge in [0.05, 0.1) is 12.1 Å². The topological polar surface area (TPSA) is 36.9 Å². The van der Waals surface area contributed by atoms with Crippen molar-refractivity contribution in [3.63, 3.8) is 0 Å². The Balaban J connectivity index is 1.79. The highest BCUT2D eigenvalue weighted by Gasteiger charge is 2.19. The summed E-state index contributed by atoms with van der Waals surface area (Å²) in [6.45, 7) is 7.87. The maximum Gasteiger partial charge on any atom is 0.132 e. The molecule has 0 unspecified atom stereocenters. The number of hydrogen-bond donors (Lipinski definition) is 1. The van der Waals surface area contributed by atoms with E-state index in [2.05, 4.69) is 48.2 Å². The van der Waals surface area contributed by atoms with Gasteiger partial charge in [-0.25, -0.2) is 0 Å². The minimum absolute atomic E-state index is 0.544. The zero-order valence-corrected chi connectivity index (χ0v) is 14.7. The molecule has 1 aliphatic heterocycles. The highest BCUT2D eigenvalue weighted by Crippen LogP contribution is 2.30. The minimum atomic E-state index is 0.544. The van der Waals surface area contributed by atoms with Gasteiger partial charge in [-0.3, -0.25) is 4.99 Å². The summed E-state index contributed by atoms with van der Waals surface area (Å²) in [4.78, 5) is 6.91. The molecule has 0 radical (unpaired) electrons. The quantitative estimate of drug-likeness (QED) is 0.877. The van der Waals surface area contributed by atoms with E-state index in [-0.39, 0.29) is 0 Å². The van der Waals surface area contributed by atoms with Crippen molar-refractivity contribution in [3.05, 3.63) is 28.8 Å². The van der Waals surface area contributed by atoms with E-state index < -0.39 is 0 Å². The Morgan fingerprint density at radius 3 is 2.61 bits per heavy atom.